The molecule has 1 amide bonds. The average molecular weight is 426 g/mol. The summed E-state index contributed by atoms with van der Waals surface area (Å²) < 4.78 is 17.4. The maximum Gasteiger partial charge on any atom is 0.287 e. The van der Waals surface area contributed by atoms with E-state index in [1.54, 1.807) is 12.1 Å². The highest BCUT2D eigenvalue weighted by molar-refractivity contribution is 9.10. The van der Waals surface area contributed by atoms with E-state index in [0.29, 0.717) is 24.0 Å². The average Bonchev–Trinajstić information content (AvgIpc) is 3.07. The molecule has 0 bridgehead atoms. The molecule has 2 aromatic rings. The van der Waals surface area contributed by atoms with Crippen LogP contribution in [0, 0.1) is 5.92 Å². The van der Waals surface area contributed by atoms with Crippen molar-refractivity contribution < 1.29 is 23.8 Å². The predicted molar refractivity (Wildman–Crippen MR) is 101 cm³/mol. The second-order valence-electron chi connectivity index (χ2n) is 6.31. The van der Waals surface area contributed by atoms with Gasteiger partial charge in [0.15, 0.2) is 5.76 Å². The molecule has 0 aliphatic rings. The van der Waals surface area contributed by atoms with Crippen molar-refractivity contribution in [3.63, 3.8) is 0 Å². The molecular weight excluding hydrogens is 402 g/mol. The van der Waals surface area contributed by atoms with Crippen LogP contribution in [-0.2, 0) is 11.3 Å². The summed E-state index contributed by atoms with van der Waals surface area (Å²) in [5.41, 5.74) is 0. The summed E-state index contributed by atoms with van der Waals surface area (Å²) in [6, 6.07) is 10.7. The van der Waals surface area contributed by atoms with Crippen LogP contribution in [0.15, 0.2) is 45.3 Å². The fourth-order valence-electron chi connectivity index (χ4n) is 2.09. The molecule has 0 fully saturated rings. The van der Waals surface area contributed by atoms with E-state index in [1.807, 2.05) is 38.1 Å². The lowest BCUT2D eigenvalue weighted by atomic mass is 10.2. The minimum atomic E-state index is -0.757. The molecule has 1 aromatic carbocycles. The smallest absolute Gasteiger partial charge is 0.287 e. The molecule has 0 aliphatic carbocycles. The van der Waals surface area contributed by atoms with Gasteiger partial charge >= 0.3 is 0 Å². The first-order valence-corrected chi connectivity index (χ1v) is 9.24. The number of carbonyl (C=O) groups excluding carboxylic acids is 1. The van der Waals surface area contributed by atoms with Crippen LogP contribution in [0.4, 0.5) is 0 Å². The molecule has 1 atom stereocenters. The number of halogens is 1. The van der Waals surface area contributed by atoms with E-state index in [2.05, 4.69) is 21.2 Å². The van der Waals surface area contributed by atoms with E-state index >= 15 is 0 Å². The second-order valence-corrected chi connectivity index (χ2v) is 7.22. The highest BCUT2D eigenvalue weighted by Gasteiger charge is 2.13. The fraction of sp³-hybridized carbons (Fsp3) is 0.421. The fourth-order valence-corrected chi connectivity index (χ4v) is 2.46. The number of ether oxygens (including phenoxy) is 2. The number of nitrogens with one attached hydrogen (secondary N) is 1. The lowest BCUT2D eigenvalue weighted by Gasteiger charge is -2.13. The molecule has 0 unspecified atom stereocenters. The largest absolute Gasteiger partial charge is 0.486 e. The zero-order valence-corrected chi connectivity index (χ0v) is 16.5. The van der Waals surface area contributed by atoms with E-state index in [0.717, 1.165) is 4.47 Å². The monoisotopic (exact) mass is 425 g/mol. The molecule has 1 aromatic heterocycles. The molecule has 0 saturated carbocycles. The predicted octanol–water partition coefficient (Wildman–Crippen LogP) is 3.38. The summed E-state index contributed by atoms with van der Waals surface area (Å²) in [6.45, 7) is 5.13. The van der Waals surface area contributed by atoms with Crippen LogP contribution in [0.5, 0.6) is 5.75 Å². The van der Waals surface area contributed by atoms with E-state index in [-0.39, 0.29) is 31.4 Å². The zero-order valence-electron chi connectivity index (χ0n) is 14.9. The maximum atomic E-state index is 12.1. The summed E-state index contributed by atoms with van der Waals surface area (Å²) in [7, 11) is 0. The Morgan fingerprint density at radius 3 is 2.81 bits per heavy atom. The Labute approximate surface area is 161 Å². The Morgan fingerprint density at radius 1 is 1.27 bits per heavy atom. The van der Waals surface area contributed by atoms with Crippen LogP contribution < -0.4 is 10.1 Å². The molecule has 6 nitrogen and oxygen atoms in total. The molecule has 1 heterocycles. The van der Waals surface area contributed by atoms with Crippen LogP contribution in [-0.4, -0.2) is 36.9 Å². The van der Waals surface area contributed by atoms with E-state index in [9.17, 15) is 9.90 Å². The van der Waals surface area contributed by atoms with Gasteiger partial charge in [0.05, 0.1) is 12.7 Å². The van der Waals surface area contributed by atoms with Gasteiger partial charge in [-0.25, -0.2) is 0 Å². The van der Waals surface area contributed by atoms with Gasteiger partial charge in [0.1, 0.15) is 18.1 Å². The normalized spacial score (nSPS) is 12.2. The number of carbonyl (C=O) groups is 1. The Bertz CT molecular complexity index is 701. The molecule has 0 spiro atoms. The minimum Gasteiger partial charge on any atom is -0.486 e. The van der Waals surface area contributed by atoms with Crippen molar-refractivity contribution in [2.24, 2.45) is 5.92 Å². The van der Waals surface area contributed by atoms with Crippen LogP contribution in [0.2, 0.25) is 0 Å². The molecule has 2 rings (SSSR count). The molecule has 0 aliphatic heterocycles. The third-order valence-corrected chi connectivity index (χ3v) is 3.82. The van der Waals surface area contributed by atoms with Gasteiger partial charge in [-0.1, -0.05) is 35.8 Å². The van der Waals surface area contributed by atoms with Crippen LogP contribution in [0.3, 0.4) is 0 Å². The number of rotatable bonds is 10. The van der Waals surface area contributed by atoms with Gasteiger partial charge < -0.3 is 24.3 Å². The van der Waals surface area contributed by atoms with Crippen molar-refractivity contribution in [2.45, 2.75) is 26.6 Å². The zero-order chi connectivity index (χ0) is 18.9. The third kappa shape index (κ3) is 7.19. The third-order valence-electron chi connectivity index (χ3n) is 3.32. The molecule has 0 saturated heterocycles. The van der Waals surface area contributed by atoms with Crippen LogP contribution >= 0.6 is 15.9 Å². The maximum absolute atomic E-state index is 12.1. The van der Waals surface area contributed by atoms with E-state index in [1.165, 1.54) is 0 Å². The van der Waals surface area contributed by atoms with Crippen LogP contribution in [0.25, 0.3) is 0 Å². The number of hydrogen-bond acceptors (Lipinski definition) is 5. The quantitative estimate of drug-likeness (QED) is 0.609. The van der Waals surface area contributed by atoms with Crippen molar-refractivity contribution >= 4 is 21.8 Å². The number of benzene rings is 1. The first kappa shape index (κ1) is 20.5. The first-order valence-electron chi connectivity index (χ1n) is 8.45. The standard InChI is InChI=1S/C19H24BrNO5/c1-13(2)10-24-11-15(22)9-21-19(23)18-7-6-17(26-18)12-25-16-5-3-4-14(20)8-16/h3-8,13,15,22H,9-12H2,1-2H3,(H,21,23)/t15-/m0/s1. The number of furan rings is 1. The minimum absolute atomic E-state index is 0.0987. The molecule has 142 valence electrons. The van der Waals surface area contributed by atoms with Crippen molar-refractivity contribution in [3.8, 4) is 5.75 Å². The molecule has 0 radical (unpaired) electrons. The Balaban J connectivity index is 1.74. The van der Waals surface area contributed by atoms with Gasteiger partial charge in [-0.2, -0.15) is 0 Å². The van der Waals surface area contributed by atoms with E-state index < -0.39 is 6.10 Å². The summed E-state index contributed by atoms with van der Waals surface area (Å²) >= 11 is 3.38. The van der Waals surface area contributed by atoms with E-state index in [4.69, 9.17) is 13.9 Å². The molecule has 2 N–H and O–H groups in total. The van der Waals surface area contributed by atoms with Crippen molar-refractivity contribution in [1.29, 1.82) is 0 Å². The SMILES string of the molecule is CC(C)COC[C@@H](O)CNC(=O)c1ccc(COc2cccc(Br)c2)o1. The summed E-state index contributed by atoms with van der Waals surface area (Å²) in [5.74, 6) is 1.43. The topological polar surface area (TPSA) is 80.9 Å². The first-order chi connectivity index (χ1) is 12.4. The lowest BCUT2D eigenvalue weighted by molar-refractivity contribution is 0.0257. The Morgan fingerprint density at radius 2 is 2.08 bits per heavy atom. The van der Waals surface area contributed by atoms with Crippen molar-refractivity contribution in [3.05, 3.63) is 52.4 Å². The highest BCUT2D eigenvalue weighted by atomic mass is 79.9. The van der Waals surface area contributed by atoms with Gasteiger partial charge in [0.2, 0.25) is 0 Å². The Hall–Kier alpha value is -1.83. The van der Waals surface area contributed by atoms with Crippen molar-refractivity contribution in [1.82, 2.24) is 5.32 Å². The summed E-state index contributed by atoms with van der Waals surface area (Å²) in [4.78, 5) is 12.1. The van der Waals surface area contributed by atoms with Crippen molar-refractivity contribution in [2.75, 3.05) is 19.8 Å². The number of aliphatic hydroxyl groups is 1. The molecular formula is C19H24BrNO5. The molecule has 26 heavy (non-hydrogen) atoms. The number of amides is 1. The second kappa shape index (κ2) is 10.4. The van der Waals surface area contributed by atoms with Gasteiger partial charge in [0, 0.05) is 17.6 Å². The van der Waals surface area contributed by atoms with Crippen LogP contribution in [0.1, 0.15) is 30.2 Å². The van der Waals surface area contributed by atoms with Gasteiger partial charge in [0.25, 0.3) is 5.91 Å². The highest BCUT2D eigenvalue weighted by Crippen LogP contribution is 2.19. The lowest BCUT2D eigenvalue weighted by Crippen LogP contribution is -2.34. The van der Waals surface area contributed by atoms with Gasteiger partial charge in [-0.05, 0) is 36.2 Å². The summed E-state index contributed by atoms with van der Waals surface area (Å²) in [6.07, 6.45) is -0.757. The van der Waals surface area contributed by atoms with Gasteiger partial charge in [-0.3, -0.25) is 4.79 Å². The number of aliphatic hydroxyl groups excluding tert-OH is 1. The Kier molecular flexibility index (Phi) is 8.15. The van der Waals surface area contributed by atoms with Gasteiger partial charge in [-0.15, -0.1) is 0 Å². The number of hydrogen-bond donors (Lipinski definition) is 2. The summed E-state index contributed by atoms with van der Waals surface area (Å²) in [5, 5.41) is 12.4. The molecule has 7 heteroatoms.